The van der Waals surface area contributed by atoms with E-state index in [1.54, 1.807) is 11.0 Å². The average molecular weight is 459 g/mol. The molecule has 5 rings (SSSR count). The van der Waals surface area contributed by atoms with Gasteiger partial charge in [0.05, 0.1) is 34.5 Å². The van der Waals surface area contributed by atoms with Gasteiger partial charge in [0.1, 0.15) is 0 Å². The molecule has 3 aliphatic rings. The summed E-state index contributed by atoms with van der Waals surface area (Å²) in [6.45, 7) is 11.5. The van der Waals surface area contributed by atoms with Crippen molar-refractivity contribution in [3.63, 3.8) is 0 Å². The van der Waals surface area contributed by atoms with E-state index >= 15 is 0 Å². The first-order valence-electron chi connectivity index (χ1n) is 12.3. The Bertz CT molecular complexity index is 1250. The van der Waals surface area contributed by atoms with Crippen LogP contribution in [-0.4, -0.2) is 67.9 Å². The Labute approximate surface area is 201 Å². The van der Waals surface area contributed by atoms with E-state index in [0.29, 0.717) is 6.04 Å². The molecule has 5 heterocycles. The minimum Gasteiger partial charge on any atom is -0.367 e. The van der Waals surface area contributed by atoms with Gasteiger partial charge in [0, 0.05) is 43.6 Å². The van der Waals surface area contributed by atoms with Gasteiger partial charge in [0.2, 0.25) is 0 Å². The molecule has 34 heavy (non-hydrogen) atoms. The molecular weight excluding hydrogens is 424 g/mol. The molecular formula is C27H34N6O. The average Bonchev–Trinajstić information content (AvgIpc) is 3.24. The zero-order valence-corrected chi connectivity index (χ0v) is 20.8. The van der Waals surface area contributed by atoms with Crippen molar-refractivity contribution in [2.75, 3.05) is 26.7 Å². The summed E-state index contributed by atoms with van der Waals surface area (Å²) >= 11 is 0. The lowest BCUT2D eigenvalue weighted by atomic mass is 9.92. The number of carbonyl (C=O) groups is 1. The van der Waals surface area contributed by atoms with Crippen LogP contribution in [0.2, 0.25) is 0 Å². The van der Waals surface area contributed by atoms with Crippen molar-refractivity contribution in [2.45, 2.75) is 46.6 Å². The maximum Gasteiger partial charge on any atom is 0.255 e. The summed E-state index contributed by atoms with van der Waals surface area (Å²) in [4.78, 5) is 24.7. The summed E-state index contributed by atoms with van der Waals surface area (Å²) < 4.78 is 1.91. The van der Waals surface area contributed by atoms with Crippen LogP contribution in [0.25, 0.3) is 11.1 Å². The second kappa shape index (κ2) is 8.87. The normalized spacial score (nSPS) is 23.9. The second-order valence-electron chi connectivity index (χ2n) is 9.78. The molecule has 178 valence electrons. The first-order chi connectivity index (χ1) is 16.3. The Balaban J connectivity index is 1.48. The number of rotatable bonds is 3. The van der Waals surface area contributed by atoms with E-state index < -0.39 is 0 Å². The highest BCUT2D eigenvalue weighted by atomic mass is 16.2. The molecule has 3 aliphatic heterocycles. The van der Waals surface area contributed by atoms with E-state index in [1.165, 1.54) is 0 Å². The SMILES string of the molecule is CCc1nc(C)cn2nc(C3=CC(=O)N4C=C(N5CCN(C)C(C)C5)C=CC4=CCC3C)cc12. The lowest BCUT2D eigenvalue weighted by molar-refractivity contribution is -0.122. The van der Waals surface area contributed by atoms with Crippen molar-refractivity contribution in [2.24, 2.45) is 5.92 Å². The Kier molecular flexibility index (Phi) is 5.90. The number of fused-ring (bicyclic) bond motifs is 2. The van der Waals surface area contributed by atoms with Gasteiger partial charge in [0.25, 0.3) is 5.91 Å². The quantitative estimate of drug-likeness (QED) is 0.701. The summed E-state index contributed by atoms with van der Waals surface area (Å²) in [5, 5.41) is 4.85. The van der Waals surface area contributed by atoms with Crippen LogP contribution in [0.5, 0.6) is 0 Å². The molecule has 1 fully saturated rings. The van der Waals surface area contributed by atoms with Gasteiger partial charge in [-0.05, 0) is 63.4 Å². The van der Waals surface area contributed by atoms with Crippen LogP contribution in [-0.2, 0) is 11.2 Å². The maximum absolute atomic E-state index is 13.5. The molecule has 0 radical (unpaired) electrons. The van der Waals surface area contributed by atoms with Crippen molar-refractivity contribution in [1.29, 1.82) is 0 Å². The highest BCUT2D eigenvalue weighted by molar-refractivity contribution is 5.98. The molecule has 0 N–H and O–H groups in total. The molecule has 1 amide bonds. The fourth-order valence-corrected chi connectivity index (χ4v) is 5.01. The monoisotopic (exact) mass is 458 g/mol. The van der Waals surface area contributed by atoms with E-state index in [1.807, 2.05) is 23.8 Å². The molecule has 0 saturated carbocycles. The van der Waals surface area contributed by atoms with Gasteiger partial charge in [-0.15, -0.1) is 0 Å². The third-order valence-electron chi connectivity index (χ3n) is 7.30. The lowest BCUT2D eigenvalue weighted by Crippen LogP contribution is -2.49. The van der Waals surface area contributed by atoms with Crippen LogP contribution in [0.3, 0.4) is 0 Å². The van der Waals surface area contributed by atoms with Crippen molar-refractivity contribution >= 4 is 17.0 Å². The van der Waals surface area contributed by atoms with Crippen LogP contribution in [0.15, 0.2) is 54.2 Å². The standard InChI is InChI=1S/C27H34N6O/c1-6-24-26-14-25(29-33(26)15-19(3)28-24)23-13-27(34)32-17-22(10-9-21(32)8-7-18(23)2)31-12-11-30(5)20(4)16-31/h8-10,13-15,17-18,20H,6-7,11-12,16H2,1-5H3. The molecule has 7 heteroatoms. The predicted molar refractivity (Wildman–Crippen MR) is 135 cm³/mol. The number of aromatic nitrogens is 3. The highest BCUT2D eigenvalue weighted by Gasteiger charge is 2.27. The van der Waals surface area contributed by atoms with Gasteiger partial charge in [-0.1, -0.05) is 19.9 Å². The minimum absolute atomic E-state index is 0.0288. The van der Waals surface area contributed by atoms with Crippen molar-refractivity contribution in [1.82, 2.24) is 29.3 Å². The Morgan fingerprint density at radius 3 is 2.71 bits per heavy atom. The molecule has 0 spiro atoms. The molecule has 7 nitrogen and oxygen atoms in total. The highest BCUT2D eigenvalue weighted by Crippen LogP contribution is 2.32. The van der Waals surface area contributed by atoms with Crippen LogP contribution < -0.4 is 0 Å². The molecule has 0 aliphatic carbocycles. The molecule has 2 atom stereocenters. The summed E-state index contributed by atoms with van der Waals surface area (Å²) in [5.74, 6) is 0.152. The first-order valence-corrected chi connectivity index (χ1v) is 12.3. The van der Waals surface area contributed by atoms with Crippen molar-refractivity contribution in [3.8, 4) is 0 Å². The summed E-state index contributed by atoms with van der Waals surface area (Å²) in [6, 6.07) is 2.56. The molecule has 2 aromatic rings. The zero-order valence-electron chi connectivity index (χ0n) is 20.8. The van der Waals surface area contributed by atoms with E-state index in [2.05, 4.69) is 66.9 Å². The number of aryl methyl sites for hydroxylation is 2. The Hall–Kier alpha value is -3.19. The third kappa shape index (κ3) is 4.09. The number of allylic oxidation sites excluding steroid dienone is 4. The summed E-state index contributed by atoms with van der Waals surface area (Å²) in [6.07, 6.45) is 13.8. The molecule has 2 aromatic heterocycles. The van der Waals surface area contributed by atoms with E-state index in [-0.39, 0.29) is 11.8 Å². The largest absolute Gasteiger partial charge is 0.367 e. The van der Waals surface area contributed by atoms with Gasteiger partial charge in [-0.3, -0.25) is 14.7 Å². The number of hydrogen-bond donors (Lipinski definition) is 0. The van der Waals surface area contributed by atoms with Gasteiger partial charge in [-0.2, -0.15) is 5.10 Å². The minimum atomic E-state index is -0.0288. The fraction of sp³-hybridized carbons (Fsp3) is 0.444. The molecule has 0 bridgehead atoms. The molecule has 2 unspecified atom stereocenters. The third-order valence-corrected chi connectivity index (χ3v) is 7.30. The number of likely N-dealkylation sites (N-methyl/N-ethyl adjacent to an activating group) is 1. The molecule has 1 saturated heterocycles. The van der Waals surface area contributed by atoms with Crippen LogP contribution in [0.4, 0.5) is 0 Å². The van der Waals surface area contributed by atoms with E-state index in [0.717, 1.165) is 72.0 Å². The predicted octanol–water partition coefficient (Wildman–Crippen LogP) is 3.78. The van der Waals surface area contributed by atoms with Crippen molar-refractivity contribution in [3.05, 3.63) is 71.2 Å². The fourth-order valence-electron chi connectivity index (χ4n) is 5.01. The topological polar surface area (TPSA) is 57.0 Å². The molecule has 0 aromatic carbocycles. The smallest absolute Gasteiger partial charge is 0.255 e. The zero-order chi connectivity index (χ0) is 24.0. The summed E-state index contributed by atoms with van der Waals surface area (Å²) in [7, 11) is 2.17. The van der Waals surface area contributed by atoms with Gasteiger partial charge >= 0.3 is 0 Å². The number of piperazine rings is 1. The number of nitrogens with zero attached hydrogens (tertiary/aromatic N) is 6. The number of amides is 1. The van der Waals surface area contributed by atoms with Crippen LogP contribution in [0.1, 0.15) is 44.3 Å². The van der Waals surface area contributed by atoms with Crippen molar-refractivity contribution < 1.29 is 4.79 Å². The van der Waals surface area contributed by atoms with Crippen LogP contribution in [0, 0.1) is 12.8 Å². The van der Waals surface area contributed by atoms with E-state index in [4.69, 9.17) is 5.10 Å². The van der Waals surface area contributed by atoms with Crippen LogP contribution >= 0.6 is 0 Å². The van der Waals surface area contributed by atoms with Gasteiger partial charge in [-0.25, -0.2) is 4.52 Å². The van der Waals surface area contributed by atoms with Gasteiger partial charge < -0.3 is 9.80 Å². The Morgan fingerprint density at radius 1 is 1.15 bits per heavy atom. The number of carbonyl (C=O) groups excluding carboxylic acids is 1. The number of hydrogen-bond acceptors (Lipinski definition) is 5. The second-order valence-corrected chi connectivity index (χ2v) is 9.78. The van der Waals surface area contributed by atoms with E-state index in [9.17, 15) is 4.79 Å². The van der Waals surface area contributed by atoms with Gasteiger partial charge in [0.15, 0.2) is 0 Å². The summed E-state index contributed by atoms with van der Waals surface area (Å²) in [5.41, 5.74) is 6.84. The Morgan fingerprint density at radius 2 is 1.94 bits per heavy atom. The first kappa shape index (κ1) is 22.6. The maximum atomic E-state index is 13.5. The lowest BCUT2D eigenvalue weighted by Gasteiger charge is -2.40.